The number of nitrogens with one attached hydrogen (secondary N) is 1. The number of aryl methyl sites for hydroxylation is 1. The van der Waals surface area contributed by atoms with Gasteiger partial charge in [-0.15, -0.1) is 0 Å². The molecule has 0 spiro atoms. The van der Waals surface area contributed by atoms with E-state index in [2.05, 4.69) is 10.4 Å². The number of nitrogens with two attached hydrogens (primary N) is 1. The molecule has 2 rings (SSSR count). The van der Waals surface area contributed by atoms with Crippen LogP contribution in [0.4, 0.5) is 11.4 Å². The summed E-state index contributed by atoms with van der Waals surface area (Å²) in [6, 6.07) is 3.78. The molecule has 8 nitrogen and oxygen atoms in total. The summed E-state index contributed by atoms with van der Waals surface area (Å²) in [6.45, 7) is 2.78. The summed E-state index contributed by atoms with van der Waals surface area (Å²) in [6.07, 6.45) is 3.58. The number of benzene rings is 1. The molecule has 3 N–H and O–H groups in total. The molecule has 0 atom stereocenters. The van der Waals surface area contributed by atoms with Gasteiger partial charge in [0.2, 0.25) is 0 Å². The van der Waals surface area contributed by atoms with E-state index in [-0.39, 0.29) is 16.9 Å². The third kappa shape index (κ3) is 3.56. The molecule has 21 heavy (non-hydrogen) atoms. The average Bonchev–Trinajstić information content (AvgIpc) is 2.84. The molecule has 8 heteroatoms. The van der Waals surface area contributed by atoms with Crippen LogP contribution in [0.3, 0.4) is 0 Å². The quantitative estimate of drug-likeness (QED) is 0.486. The second kappa shape index (κ2) is 6.04. The van der Waals surface area contributed by atoms with E-state index in [9.17, 15) is 14.9 Å². The molecule has 1 aromatic heterocycles. The summed E-state index contributed by atoms with van der Waals surface area (Å²) in [5, 5.41) is 17.5. The van der Waals surface area contributed by atoms with Crippen molar-refractivity contribution in [3.63, 3.8) is 0 Å². The maximum Gasteiger partial charge on any atom is 0.270 e. The monoisotopic (exact) mass is 289 g/mol. The summed E-state index contributed by atoms with van der Waals surface area (Å²) in [7, 11) is 0. The topological polar surface area (TPSA) is 116 Å². The van der Waals surface area contributed by atoms with Crippen molar-refractivity contribution < 1.29 is 9.72 Å². The van der Waals surface area contributed by atoms with Crippen LogP contribution < -0.4 is 11.1 Å². The van der Waals surface area contributed by atoms with Gasteiger partial charge >= 0.3 is 0 Å². The summed E-state index contributed by atoms with van der Waals surface area (Å²) >= 11 is 0. The molecule has 2 aromatic rings. The minimum absolute atomic E-state index is 0.0980. The number of carbonyl (C=O) groups is 1. The fraction of sp³-hybridized carbons (Fsp3) is 0.231. The van der Waals surface area contributed by atoms with Gasteiger partial charge < -0.3 is 11.1 Å². The third-order valence-electron chi connectivity index (χ3n) is 2.88. The van der Waals surface area contributed by atoms with E-state index in [1.165, 1.54) is 18.2 Å². The first-order chi connectivity index (χ1) is 9.97. The predicted molar refractivity (Wildman–Crippen MR) is 76.8 cm³/mol. The van der Waals surface area contributed by atoms with Crippen LogP contribution in [0.2, 0.25) is 0 Å². The lowest BCUT2D eigenvalue weighted by atomic mass is 10.1. The van der Waals surface area contributed by atoms with Gasteiger partial charge in [0.1, 0.15) is 0 Å². The molecule has 0 unspecified atom stereocenters. The number of rotatable bonds is 5. The maximum absolute atomic E-state index is 12.0. The smallest absolute Gasteiger partial charge is 0.270 e. The second-order valence-corrected chi connectivity index (χ2v) is 4.57. The maximum atomic E-state index is 12.0. The Morgan fingerprint density at radius 3 is 2.90 bits per heavy atom. The van der Waals surface area contributed by atoms with E-state index < -0.39 is 10.8 Å². The van der Waals surface area contributed by atoms with Crippen LogP contribution in [0.15, 0.2) is 30.6 Å². The summed E-state index contributed by atoms with van der Waals surface area (Å²) < 4.78 is 1.70. The Labute approximate surface area is 120 Å². The Morgan fingerprint density at radius 2 is 2.29 bits per heavy atom. The number of anilines is 1. The Kier molecular flexibility index (Phi) is 4.17. The van der Waals surface area contributed by atoms with Crippen LogP contribution in [-0.4, -0.2) is 27.2 Å². The first-order valence-corrected chi connectivity index (χ1v) is 6.28. The summed E-state index contributed by atoms with van der Waals surface area (Å²) in [5.74, 6) is -0.444. The van der Waals surface area contributed by atoms with Crippen molar-refractivity contribution in [2.75, 3.05) is 12.3 Å². The number of aromatic nitrogens is 2. The van der Waals surface area contributed by atoms with Crippen LogP contribution in [-0.2, 0) is 6.54 Å². The number of amides is 1. The van der Waals surface area contributed by atoms with Gasteiger partial charge in [0.05, 0.1) is 23.2 Å². The lowest BCUT2D eigenvalue weighted by molar-refractivity contribution is -0.384. The van der Waals surface area contributed by atoms with Gasteiger partial charge in [0.15, 0.2) is 0 Å². The second-order valence-electron chi connectivity index (χ2n) is 4.57. The largest absolute Gasteiger partial charge is 0.398 e. The minimum Gasteiger partial charge on any atom is -0.398 e. The van der Waals surface area contributed by atoms with E-state index in [1.54, 1.807) is 10.9 Å². The van der Waals surface area contributed by atoms with Gasteiger partial charge in [0.25, 0.3) is 11.6 Å². The Hall–Kier alpha value is -2.90. The lowest BCUT2D eigenvalue weighted by Crippen LogP contribution is -2.28. The van der Waals surface area contributed by atoms with Crippen LogP contribution in [0.5, 0.6) is 0 Å². The van der Waals surface area contributed by atoms with Gasteiger partial charge in [-0.1, -0.05) is 0 Å². The van der Waals surface area contributed by atoms with Crippen LogP contribution in [0.1, 0.15) is 15.9 Å². The van der Waals surface area contributed by atoms with Crippen molar-refractivity contribution in [2.45, 2.75) is 13.5 Å². The van der Waals surface area contributed by atoms with Gasteiger partial charge in [-0.3, -0.25) is 19.6 Å². The molecule has 0 bridgehead atoms. The third-order valence-corrected chi connectivity index (χ3v) is 2.88. The highest BCUT2D eigenvalue weighted by atomic mass is 16.6. The summed E-state index contributed by atoms with van der Waals surface area (Å²) in [4.78, 5) is 22.1. The van der Waals surface area contributed by atoms with Gasteiger partial charge in [-0.2, -0.15) is 5.10 Å². The van der Waals surface area contributed by atoms with Crippen LogP contribution in [0, 0.1) is 17.0 Å². The number of nitrogens with zero attached hydrogens (tertiary/aromatic N) is 3. The van der Waals surface area contributed by atoms with Gasteiger partial charge in [-0.25, -0.2) is 0 Å². The number of hydrogen-bond donors (Lipinski definition) is 2. The van der Waals surface area contributed by atoms with Crippen molar-refractivity contribution in [1.29, 1.82) is 0 Å². The molecule has 0 aliphatic heterocycles. The average molecular weight is 289 g/mol. The Morgan fingerprint density at radius 1 is 1.52 bits per heavy atom. The molecule has 1 amide bonds. The zero-order chi connectivity index (χ0) is 15.4. The first kappa shape index (κ1) is 14.5. The van der Waals surface area contributed by atoms with E-state index in [0.29, 0.717) is 13.1 Å². The highest BCUT2D eigenvalue weighted by Gasteiger charge is 2.14. The standard InChI is InChI=1S/C13H15N5O3/c1-9-7-16-17(8-9)5-4-15-13(19)11-6-10(18(20)21)2-3-12(11)14/h2-3,6-8H,4-5,14H2,1H3,(H,15,19). The summed E-state index contributed by atoms with van der Waals surface area (Å²) in [5.41, 5.74) is 6.84. The number of carbonyl (C=O) groups excluding carboxylic acids is 1. The number of nitro groups is 1. The molecular formula is C13H15N5O3. The van der Waals surface area contributed by atoms with Gasteiger partial charge in [-0.05, 0) is 18.6 Å². The molecule has 0 aliphatic carbocycles. The molecular weight excluding hydrogens is 274 g/mol. The lowest BCUT2D eigenvalue weighted by Gasteiger charge is -2.07. The predicted octanol–water partition coefficient (Wildman–Crippen LogP) is 1.11. The molecule has 1 heterocycles. The normalized spacial score (nSPS) is 10.3. The number of hydrogen-bond acceptors (Lipinski definition) is 5. The fourth-order valence-corrected chi connectivity index (χ4v) is 1.82. The number of nitro benzene ring substituents is 1. The first-order valence-electron chi connectivity index (χ1n) is 6.28. The van der Waals surface area contributed by atoms with Crippen LogP contribution in [0.25, 0.3) is 0 Å². The fourth-order valence-electron chi connectivity index (χ4n) is 1.82. The molecule has 0 saturated carbocycles. The zero-order valence-electron chi connectivity index (χ0n) is 11.4. The van der Waals surface area contributed by atoms with Crippen molar-refractivity contribution in [3.05, 3.63) is 51.8 Å². The number of nitrogen functional groups attached to an aromatic ring is 1. The van der Waals surface area contributed by atoms with Gasteiger partial charge in [0, 0.05) is 30.6 Å². The van der Waals surface area contributed by atoms with E-state index in [1.807, 2.05) is 13.1 Å². The van der Waals surface area contributed by atoms with Crippen molar-refractivity contribution in [3.8, 4) is 0 Å². The highest BCUT2D eigenvalue weighted by Crippen LogP contribution is 2.19. The van der Waals surface area contributed by atoms with Crippen molar-refractivity contribution in [2.24, 2.45) is 0 Å². The van der Waals surface area contributed by atoms with E-state index >= 15 is 0 Å². The molecule has 110 valence electrons. The Bertz CT molecular complexity index is 680. The van der Waals surface area contributed by atoms with Crippen molar-refractivity contribution >= 4 is 17.3 Å². The van der Waals surface area contributed by atoms with E-state index in [0.717, 1.165) is 5.56 Å². The van der Waals surface area contributed by atoms with Crippen LogP contribution >= 0.6 is 0 Å². The molecule has 0 radical (unpaired) electrons. The van der Waals surface area contributed by atoms with E-state index in [4.69, 9.17) is 5.73 Å². The highest BCUT2D eigenvalue weighted by molar-refractivity contribution is 5.99. The minimum atomic E-state index is -0.567. The molecule has 0 saturated heterocycles. The molecule has 1 aromatic carbocycles. The zero-order valence-corrected chi connectivity index (χ0v) is 11.4. The Balaban J connectivity index is 1.99. The molecule has 0 aliphatic rings. The molecule has 0 fully saturated rings. The SMILES string of the molecule is Cc1cnn(CCNC(=O)c2cc([N+](=O)[O-])ccc2N)c1. The van der Waals surface area contributed by atoms with Crippen molar-refractivity contribution in [1.82, 2.24) is 15.1 Å². The number of non-ortho nitro benzene ring substituents is 1.